The lowest BCUT2D eigenvalue weighted by Gasteiger charge is -2.42. The van der Waals surface area contributed by atoms with Gasteiger partial charge in [-0.2, -0.15) is 0 Å². The number of carbonyl (C=O) groups is 1. The first-order valence-electron chi connectivity index (χ1n) is 13.0. The van der Waals surface area contributed by atoms with Crippen molar-refractivity contribution in [2.45, 2.75) is 64.8 Å². The van der Waals surface area contributed by atoms with Crippen molar-refractivity contribution in [3.05, 3.63) is 41.9 Å². The Balaban J connectivity index is 1.18. The highest BCUT2D eigenvalue weighted by Gasteiger charge is 2.33. The first-order valence-corrected chi connectivity index (χ1v) is 13.0. The number of piperazine rings is 1. The fourth-order valence-corrected chi connectivity index (χ4v) is 6.21. The van der Waals surface area contributed by atoms with Crippen molar-refractivity contribution in [3.63, 3.8) is 0 Å². The number of anilines is 1. The summed E-state index contributed by atoms with van der Waals surface area (Å²) >= 11 is 0. The Bertz CT molecular complexity index is 928. The fraction of sp³-hybridized carbons (Fsp3) is 0.630. The van der Waals surface area contributed by atoms with Crippen molar-refractivity contribution < 1.29 is 4.79 Å². The summed E-state index contributed by atoms with van der Waals surface area (Å²) in [6.45, 7) is 10.00. The van der Waals surface area contributed by atoms with E-state index in [2.05, 4.69) is 51.3 Å². The van der Waals surface area contributed by atoms with E-state index in [1.165, 1.54) is 43.5 Å². The lowest BCUT2D eigenvalue weighted by molar-refractivity contribution is -0.138. The van der Waals surface area contributed by atoms with Gasteiger partial charge in [0.05, 0.1) is 5.69 Å². The van der Waals surface area contributed by atoms with Crippen LogP contribution < -0.4 is 4.90 Å². The quantitative estimate of drug-likeness (QED) is 0.702. The van der Waals surface area contributed by atoms with Gasteiger partial charge in [0, 0.05) is 68.8 Å². The molecule has 3 fully saturated rings. The molecule has 1 amide bonds. The molecular formula is C27H39N5O. The third kappa shape index (κ3) is 4.68. The Morgan fingerprint density at radius 1 is 0.848 bits per heavy atom. The zero-order valence-electron chi connectivity index (χ0n) is 20.4. The topological polar surface area (TPSA) is 44.6 Å². The van der Waals surface area contributed by atoms with E-state index < -0.39 is 0 Å². The molecule has 33 heavy (non-hydrogen) atoms. The van der Waals surface area contributed by atoms with Gasteiger partial charge in [0.25, 0.3) is 0 Å². The van der Waals surface area contributed by atoms with Crippen molar-refractivity contribution in [1.29, 1.82) is 0 Å². The number of amides is 1. The molecule has 2 saturated heterocycles. The monoisotopic (exact) mass is 449 g/mol. The number of pyridine rings is 1. The Kier molecular flexibility index (Phi) is 6.72. The van der Waals surface area contributed by atoms with Crippen molar-refractivity contribution in [1.82, 2.24) is 19.4 Å². The van der Waals surface area contributed by atoms with Crippen LogP contribution in [0.3, 0.4) is 0 Å². The first kappa shape index (κ1) is 22.5. The summed E-state index contributed by atoms with van der Waals surface area (Å²) in [5.74, 6) is 1.58. The molecule has 5 rings (SSSR count). The number of hydrogen-bond donors (Lipinski definition) is 0. The molecule has 6 nitrogen and oxygen atoms in total. The van der Waals surface area contributed by atoms with Gasteiger partial charge in [-0.3, -0.25) is 9.69 Å². The molecule has 3 aliphatic rings. The predicted molar refractivity (Wildman–Crippen MR) is 133 cm³/mol. The predicted octanol–water partition coefficient (Wildman–Crippen LogP) is 4.18. The van der Waals surface area contributed by atoms with Gasteiger partial charge in [0.2, 0.25) is 5.91 Å². The summed E-state index contributed by atoms with van der Waals surface area (Å²) in [5, 5.41) is 0. The van der Waals surface area contributed by atoms with Gasteiger partial charge in [-0.15, -0.1) is 0 Å². The smallest absolute Gasteiger partial charge is 0.225 e. The molecule has 2 aromatic rings. The highest BCUT2D eigenvalue weighted by molar-refractivity contribution is 5.79. The normalized spacial score (nSPS) is 21.5. The second-order valence-corrected chi connectivity index (χ2v) is 10.2. The van der Waals surface area contributed by atoms with Gasteiger partial charge in [0.15, 0.2) is 5.82 Å². The third-order valence-electron chi connectivity index (χ3n) is 8.14. The number of rotatable bonds is 4. The van der Waals surface area contributed by atoms with Gasteiger partial charge in [0.1, 0.15) is 0 Å². The van der Waals surface area contributed by atoms with Crippen LogP contribution >= 0.6 is 0 Å². The maximum atomic E-state index is 13.3. The van der Waals surface area contributed by atoms with Crippen molar-refractivity contribution in [3.8, 4) is 5.69 Å². The number of carbonyl (C=O) groups excluding carboxylic acids is 1. The van der Waals surface area contributed by atoms with Crippen LogP contribution in [0, 0.1) is 19.8 Å². The molecule has 0 bridgehead atoms. The summed E-state index contributed by atoms with van der Waals surface area (Å²) in [7, 11) is 0. The number of aromatic nitrogens is 2. The Morgan fingerprint density at radius 2 is 1.52 bits per heavy atom. The number of piperidine rings is 1. The Labute approximate surface area is 198 Å². The van der Waals surface area contributed by atoms with Crippen LogP contribution in [0.1, 0.15) is 56.3 Å². The second kappa shape index (κ2) is 9.88. The highest BCUT2D eigenvalue weighted by atomic mass is 16.2. The molecule has 6 heteroatoms. The van der Waals surface area contributed by atoms with E-state index in [9.17, 15) is 4.79 Å². The molecular weight excluding hydrogens is 410 g/mol. The maximum Gasteiger partial charge on any atom is 0.225 e. The number of nitrogens with zero attached hydrogens (tertiary/aromatic N) is 5. The van der Waals surface area contributed by atoms with E-state index in [1.54, 1.807) is 0 Å². The summed E-state index contributed by atoms with van der Waals surface area (Å²) in [5.41, 5.74) is 3.58. The summed E-state index contributed by atoms with van der Waals surface area (Å²) in [4.78, 5) is 25.2. The zero-order valence-corrected chi connectivity index (χ0v) is 20.4. The van der Waals surface area contributed by atoms with Crippen LogP contribution in [0.4, 0.5) is 5.82 Å². The fourth-order valence-electron chi connectivity index (χ4n) is 6.21. The summed E-state index contributed by atoms with van der Waals surface area (Å²) < 4.78 is 2.28. The van der Waals surface area contributed by atoms with Crippen LogP contribution in [0.15, 0.2) is 30.5 Å². The first-order chi connectivity index (χ1) is 16.1. The Hall–Kier alpha value is -2.34. The van der Waals surface area contributed by atoms with Gasteiger partial charge in [-0.05, 0) is 63.8 Å². The minimum Gasteiger partial charge on any atom is -0.355 e. The van der Waals surface area contributed by atoms with Crippen molar-refractivity contribution in [2.75, 3.05) is 44.2 Å². The molecule has 2 aromatic heterocycles. The van der Waals surface area contributed by atoms with E-state index in [0.717, 1.165) is 69.7 Å². The second-order valence-electron chi connectivity index (χ2n) is 10.2. The molecule has 0 atom stereocenters. The minimum absolute atomic E-state index is 0.157. The molecule has 1 saturated carbocycles. The molecule has 178 valence electrons. The Morgan fingerprint density at radius 3 is 2.18 bits per heavy atom. The lowest BCUT2D eigenvalue weighted by Crippen LogP contribution is -2.54. The van der Waals surface area contributed by atoms with Crippen LogP contribution in [-0.2, 0) is 4.79 Å². The molecule has 0 radical (unpaired) electrons. The zero-order chi connectivity index (χ0) is 22.8. The average Bonchev–Trinajstić information content (AvgIpc) is 3.22. The van der Waals surface area contributed by atoms with Crippen molar-refractivity contribution in [2.24, 2.45) is 5.92 Å². The molecule has 0 spiro atoms. The van der Waals surface area contributed by atoms with Crippen LogP contribution in [0.2, 0.25) is 0 Å². The van der Waals surface area contributed by atoms with Crippen molar-refractivity contribution >= 4 is 11.7 Å². The molecule has 0 unspecified atom stereocenters. The van der Waals surface area contributed by atoms with E-state index in [1.807, 2.05) is 12.3 Å². The highest BCUT2D eigenvalue weighted by Crippen LogP contribution is 2.30. The lowest BCUT2D eigenvalue weighted by atomic mass is 9.93. The average molecular weight is 450 g/mol. The summed E-state index contributed by atoms with van der Waals surface area (Å²) in [6, 6.07) is 9.25. The third-order valence-corrected chi connectivity index (χ3v) is 8.14. The SMILES string of the molecule is Cc1ccc(C)n1-c1cccnc1N1CCC(C(=O)N2CCN(C3CCCCC3)CC2)CC1. The van der Waals surface area contributed by atoms with Crippen LogP contribution in [-0.4, -0.2) is 70.6 Å². The molecule has 0 aromatic carbocycles. The maximum absolute atomic E-state index is 13.3. The molecule has 1 aliphatic carbocycles. The van der Waals surface area contributed by atoms with Gasteiger partial charge in [-0.25, -0.2) is 4.98 Å². The summed E-state index contributed by atoms with van der Waals surface area (Å²) in [6.07, 6.45) is 10.6. The van der Waals surface area contributed by atoms with Crippen LogP contribution in [0.25, 0.3) is 5.69 Å². The molecule has 0 N–H and O–H groups in total. The van der Waals surface area contributed by atoms with E-state index in [0.29, 0.717) is 5.91 Å². The largest absolute Gasteiger partial charge is 0.355 e. The van der Waals surface area contributed by atoms with Crippen LogP contribution in [0.5, 0.6) is 0 Å². The van der Waals surface area contributed by atoms with E-state index in [-0.39, 0.29) is 5.92 Å². The minimum atomic E-state index is 0.157. The van der Waals surface area contributed by atoms with E-state index in [4.69, 9.17) is 4.98 Å². The molecule has 2 aliphatic heterocycles. The van der Waals surface area contributed by atoms with Gasteiger partial charge < -0.3 is 14.4 Å². The van der Waals surface area contributed by atoms with Gasteiger partial charge >= 0.3 is 0 Å². The van der Waals surface area contributed by atoms with E-state index >= 15 is 0 Å². The molecule has 4 heterocycles. The van der Waals surface area contributed by atoms with Gasteiger partial charge in [-0.1, -0.05) is 19.3 Å². The number of aryl methyl sites for hydroxylation is 2. The standard InChI is InChI=1S/C27H39N5O/c1-21-10-11-22(2)32(21)25-9-6-14-28-26(25)30-15-12-23(13-16-30)27(33)31-19-17-29(18-20-31)24-7-4-3-5-8-24/h6,9-11,14,23-24H,3-5,7-8,12-13,15-20H2,1-2H3. The number of hydrogen-bond acceptors (Lipinski definition) is 4.